The molecule has 0 saturated carbocycles. The van der Waals surface area contributed by atoms with Gasteiger partial charge in [0.1, 0.15) is 5.84 Å². The van der Waals surface area contributed by atoms with Crippen LogP contribution in [0.3, 0.4) is 0 Å². The number of likely N-dealkylation sites (N-methyl/N-ethyl adjacent to an activating group) is 1. The molecule has 1 aliphatic heterocycles. The predicted molar refractivity (Wildman–Crippen MR) is 55.5 cm³/mol. The number of hydrogen-bond donors (Lipinski definition) is 0. The predicted octanol–water partition coefficient (Wildman–Crippen LogP) is 2.22. The lowest BCUT2D eigenvalue weighted by molar-refractivity contribution is 0.529. The Morgan fingerprint density at radius 1 is 1.38 bits per heavy atom. The summed E-state index contributed by atoms with van der Waals surface area (Å²) in [5, 5.41) is 0. The molecule has 68 valence electrons. The summed E-state index contributed by atoms with van der Waals surface area (Å²) in [6.07, 6.45) is 0.987. The van der Waals surface area contributed by atoms with Gasteiger partial charge in [0.15, 0.2) is 0 Å². The highest BCUT2D eigenvalue weighted by Gasteiger charge is 2.15. The molecule has 0 saturated heterocycles. The first-order valence-corrected chi connectivity index (χ1v) is 4.68. The van der Waals surface area contributed by atoms with Gasteiger partial charge in [-0.05, 0) is 18.6 Å². The normalized spacial score (nSPS) is 13.8. The minimum atomic E-state index is 0.987. The average molecular weight is 174 g/mol. The number of benzene rings is 1. The number of aliphatic imine (C=N–C) groups is 1. The number of rotatable bonds is 1. The standard InChI is InChI=1S/C11H14N2/c1-3-13(2)11-8-9-6-4-5-7-10(9)12-11/h4-7H,3,8H2,1-2H3. The zero-order valence-electron chi connectivity index (χ0n) is 8.12. The molecule has 1 heterocycles. The lowest BCUT2D eigenvalue weighted by Crippen LogP contribution is -2.26. The smallest absolute Gasteiger partial charge is 0.109 e. The number of hydrogen-bond acceptors (Lipinski definition) is 2. The van der Waals surface area contributed by atoms with Crippen molar-refractivity contribution in [1.29, 1.82) is 0 Å². The molecule has 0 bridgehead atoms. The Bertz CT molecular complexity index is 342. The number of nitrogens with zero attached hydrogens (tertiary/aromatic N) is 2. The van der Waals surface area contributed by atoms with Gasteiger partial charge in [-0.2, -0.15) is 0 Å². The Hall–Kier alpha value is -1.31. The largest absolute Gasteiger partial charge is 0.363 e. The van der Waals surface area contributed by atoms with Crippen molar-refractivity contribution in [2.24, 2.45) is 4.99 Å². The Balaban J connectivity index is 2.26. The highest BCUT2D eigenvalue weighted by Crippen LogP contribution is 2.26. The fourth-order valence-electron chi connectivity index (χ4n) is 1.52. The average Bonchev–Trinajstić information content (AvgIpc) is 2.59. The molecular weight excluding hydrogens is 160 g/mol. The third-order valence-corrected chi connectivity index (χ3v) is 2.50. The molecule has 0 aromatic heterocycles. The van der Waals surface area contributed by atoms with Crippen molar-refractivity contribution in [2.45, 2.75) is 13.3 Å². The first-order valence-electron chi connectivity index (χ1n) is 4.68. The van der Waals surface area contributed by atoms with Crippen molar-refractivity contribution in [3.8, 4) is 0 Å². The fraction of sp³-hybridized carbons (Fsp3) is 0.364. The molecule has 0 N–H and O–H groups in total. The lowest BCUT2D eigenvalue weighted by atomic mass is 10.1. The van der Waals surface area contributed by atoms with Gasteiger partial charge in [0.2, 0.25) is 0 Å². The van der Waals surface area contributed by atoms with Crippen LogP contribution in [0.4, 0.5) is 5.69 Å². The molecule has 0 fully saturated rings. The summed E-state index contributed by atoms with van der Waals surface area (Å²) in [5.74, 6) is 1.18. The van der Waals surface area contributed by atoms with Gasteiger partial charge in [0.25, 0.3) is 0 Å². The molecule has 0 spiro atoms. The summed E-state index contributed by atoms with van der Waals surface area (Å²) in [5.41, 5.74) is 2.48. The second kappa shape index (κ2) is 3.21. The summed E-state index contributed by atoms with van der Waals surface area (Å²) in [7, 11) is 2.09. The highest BCUT2D eigenvalue weighted by molar-refractivity contribution is 5.91. The van der Waals surface area contributed by atoms with E-state index in [2.05, 4.69) is 42.1 Å². The third kappa shape index (κ3) is 1.44. The van der Waals surface area contributed by atoms with E-state index in [9.17, 15) is 0 Å². The molecule has 0 amide bonds. The van der Waals surface area contributed by atoms with Crippen molar-refractivity contribution >= 4 is 11.5 Å². The molecule has 2 nitrogen and oxygen atoms in total. The van der Waals surface area contributed by atoms with E-state index in [0.29, 0.717) is 0 Å². The quantitative estimate of drug-likeness (QED) is 0.637. The van der Waals surface area contributed by atoms with Crippen LogP contribution in [0.1, 0.15) is 12.5 Å². The molecule has 0 unspecified atom stereocenters. The Morgan fingerprint density at radius 2 is 2.15 bits per heavy atom. The Kier molecular flexibility index (Phi) is 2.05. The topological polar surface area (TPSA) is 15.6 Å². The summed E-state index contributed by atoms with van der Waals surface area (Å²) in [6, 6.07) is 8.33. The molecule has 1 aliphatic rings. The number of para-hydroxylation sites is 1. The van der Waals surface area contributed by atoms with Gasteiger partial charge in [-0.3, -0.25) is 0 Å². The van der Waals surface area contributed by atoms with Crippen LogP contribution < -0.4 is 0 Å². The first kappa shape index (κ1) is 8.30. The fourth-order valence-corrected chi connectivity index (χ4v) is 1.52. The van der Waals surface area contributed by atoms with Crippen LogP contribution in [0.25, 0.3) is 0 Å². The summed E-state index contributed by atoms with van der Waals surface area (Å²) >= 11 is 0. The van der Waals surface area contributed by atoms with Gasteiger partial charge in [-0.15, -0.1) is 0 Å². The van der Waals surface area contributed by atoms with Crippen molar-refractivity contribution in [3.05, 3.63) is 29.8 Å². The van der Waals surface area contributed by atoms with E-state index in [1.54, 1.807) is 0 Å². The maximum absolute atomic E-state index is 4.56. The van der Waals surface area contributed by atoms with Crippen LogP contribution >= 0.6 is 0 Å². The molecule has 13 heavy (non-hydrogen) atoms. The van der Waals surface area contributed by atoms with Crippen LogP contribution in [0.5, 0.6) is 0 Å². The van der Waals surface area contributed by atoms with Gasteiger partial charge in [0.05, 0.1) is 5.69 Å². The lowest BCUT2D eigenvalue weighted by Gasteiger charge is -2.15. The molecule has 2 heteroatoms. The molecule has 0 aliphatic carbocycles. The summed E-state index contributed by atoms with van der Waals surface area (Å²) in [4.78, 5) is 6.76. The van der Waals surface area contributed by atoms with Crippen LogP contribution in [0.15, 0.2) is 29.3 Å². The molecular formula is C11H14N2. The monoisotopic (exact) mass is 174 g/mol. The van der Waals surface area contributed by atoms with E-state index in [0.717, 1.165) is 18.7 Å². The molecule has 1 aromatic rings. The number of fused-ring (bicyclic) bond motifs is 1. The van der Waals surface area contributed by atoms with Gasteiger partial charge >= 0.3 is 0 Å². The highest BCUT2D eigenvalue weighted by atomic mass is 15.2. The van der Waals surface area contributed by atoms with Gasteiger partial charge < -0.3 is 4.90 Å². The SMILES string of the molecule is CCN(C)C1=Nc2ccccc2C1. The summed E-state index contributed by atoms with van der Waals surface area (Å²) in [6.45, 7) is 3.17. The van der Waals surface area contributed by atoms with Crippen LogP contribution in [-0.2, 0) is 6.42 Å². The van der Waals surface area contributed by atoms with E-state index in [1.807, 2.05) is 6.07 Å². The maximum atomic E-state index is 4.56. The van der Waals surface area contributed by atoms with Gasteiger partial charge in [-0.1, -0.05) is 18.2 Å². The van der Waals surface area contributed by atoms with Crippen LogP contribution in [0, 0.1) is 0 Å². The van der Waals surface area contributed by atoms with Crippen molar-refractivity contribution in [2.75, 3.05) is 13.6 Å². The van der Waals surface area contributed by atoms with Crippen LogP contribution in [0.2, 0.25) is 0 Å². The van der Waals surface area contributed by atoms with Crippen molar-refractivity contribution in [1.82, 2.24) is 4.90 Å². The molecule has 2 rings (SSSR count). The zero-order valence-corrected chi connectivity index (χ0v) is 8.12. The Morgan fingerprint density at radius 3 is 2.85 bits per heavy atom. The van der Waals surface area contributed by atoms with Crippen molar-refractivity contribution in [3.63, 3.8) is 0 Å². The summed E-state index contributed by atoms with van der Waals surface area (Å²) < 4.78 is 0. The van der Waals surface area contributed by atoms with Crippen LogP contribution in [-0.4, -0.2) is 24.3 Å². The second-order valence-electron chi connectivity index (χ2n) is 3.35. The van der Waals surface area contributed by atoms with E-state index in [4.69, 9.17) is 0 Å². The van der Waals surface area contributed by atoms with E-state index in [1.165, 1.54) is 11.4 Å². The molecule has 1 aromatic carbocycles. The zero-order chi connectivity index (χ0) is 9.26. The maximum Gasteiger partial charge on any atom is 0.109 e. The molecule has 0 atom stereocenters. The minimum absolute atomic E-state index is 0.987. The number of amidine groups is 1. The van der Waals surface area contributed by atoms with Gasteiger partial charge in [-0.25, -0.2) is 4.99 Å². The third-order valence-electron chi connectivity index (χ3n) is 2.50. The van der Waals surface area contributed by atoms with E-state index in [-0.39, 0.29) is 0 Å². The van der Waals surface area contributed by atoms with Crippen molar-refractivity contribution < 1.29 is 0 Å². The minimum Gasteiger partial charge on any atom is -0.363 e. The second-order valence-corrected chi connectivity index (χ2v) is 3.35. The van der Waals surface area contributed by atoms with E-state index < -0.39 is 0 Å². The Labute approximate surface area is 78.9 Å². The molecule has 0 radical (unpaired) electrons. The first-order chi connectivity index (χ1) is 6.31. The van der Waals surface area contributed by atoms with E-state index >= 15 is 0 Å². The van der Waals surface area contributed by atoms with Gasteiger partial charge in [0, 0.05) is 20.0 Å².